The molecule has 152 valence electrons. The van der Waals surface area contributed by atoms with Crippen molar-refractivity contribution in [2.75, 3.05) is 28.8 Å². The van der Waals surface area contributed by atoms with Crippen LogP contribution in [0.3, 0.4) is 0 Å². The predicted octanol–water partition coefficient (Wildman–Crippen LogP) is 2.96. The zero-order valence-corrected chi connectivity index (χ0v) is 19.0. The first-order valence-corrected chi connectivity index (χ1v) is 11.1. The Bertz CT molecular complexity index is 953. The van der Waals surface area contributed by atoms with Crippen LogP contribution in [0.15, 0.2) is 55.1 Å². The van der Waals surface area contributed by atoms with E-state index in [1.165, 1.54) is 26.8 Å². The third-order valence-corrected chi connectivity index (χ3v) is 4.93. The van der Waals surface area contributed by atoms with Crippen molar-refractivity contribution < 1.29 is 9.59 Å². The molecule has 0 fully saturated rings. The number of hydrogen-bond donors (Lipinski definition) is 0. The van der Waals surface area contributed by atoms with Crippen molar-refractivity contribution in [3.8, 4) is 0 Å². The Morgan fingerprint density at radius 1 is 1.10 bits per heavy atom. The fourth-order valence-electron chi connectivity index (χ4n) is 2.85. The number of carbonyl (C=O) groups is 2. The van der Waals surface area contributed by atoms with Crippen molar-refractivity contribution in [3.05, 3.63) is 66.4 Å². The molecule has 0 atom stereocenters. The zero-order valence-electron chi connectivity index (χ0n) is 15.8. The van der Waals surface area contributed by atoms with E-state index in [2.05, 4.69) is 41.9 Å². The second-order valence-electron chi connectivity index (χ2n) is 6.10. The molecule has 3 rings (SSSR count). The van der Waals surface area contributed by atoms with Gasteiger partial charge >= 0.3 is 0 Å². The summed E-state index contributed by atoms with van der Waals surface area (Å²) in [5.41, 5.74) is 0.885. The number of imidazole rings is 1. The van der Waals surface area contributed by atoms with Crippen LogP contribution in [0.2, 0.25) is 0 Å². The molecule has 0 unspecified atom stereocenters. The molecule has 2 heterocycles. The van der Waals surface area contributed by atoms with Crippen molar-refractivity contribution in [1.82, 2.24) is 24.3 Å². The molecule has 0 N–H and O–H groups in total. The number of benzene rings is 1. The minimum Gasteiger partial charge on any atom is -0.271 e. The van der Waals surface area contributed by atoms with Gasteiger partial charge in [0.1, 0.15) is 12.0 Å². The van der Waals surface area contributed by atoms with Gasteiger partial charge in [-0.3, -0.25) is 18.8 Å². The highest BCUT2D eigenvalue weighted by Gasteiger charge is 2.28. The summed E-state index contributed by atoms with van der Waals surface area (Å²) in [5.74, 6) is -0.109. The smallest absolute Gasteiger partial charge is 0.271 e. The van der Waals surface area contributed by atoms with Gasteiger partial charge in [-0.25, -0.2) is 15.0 Å². The van der Waals surface area contributed by atoms with Gasteiger partial charge in [-0.2, -0.15) is 5.10 Å². The van der Waals surface area contributed by atoms with Crippen LogP contribution in [0.1, 0.15) is 20.8 Å². The molecule has 29 heavy (non-hydrogen) atoms. The highest BCUT2D eigenvalue weighted by atomic mass is 79.9. The van der Waals surface area contributed by atoms with Crippen LogP contribution in [0.4, 0.5) is 5.82 Å². The number of nitrogens with zero attached hydrogens (tertiary/aromatic N) is 6. The van der Waals surface area contributed by atoms with E-state index in [4.69, 9.17) is 0 Å². The highest BCUT2D eigenvalue weighted by molar-refractivity contribution is 9.09. The summed E-state index contributed by atoms with van der Waals surface area (Å²) in [4.78, 5) is 30.0. The minimum absolute atomic E-state index is 0.216. The summed E-state index contributed by atoms with van der Waals surface area (Å²) >= 11 is 6.90. The van der Waals surface area contributed by atoms with Crippen LogP contribution in [0, 0.1) is 0 Å². The lowest BCUT2D eigenvalue weighted by molar-refractivity contribution is 0.0901. The van der Waals surface area contributed by atoms with Gasteiger partial charge in [-0.1, -0.05) is 50.1 Å². The summed E-state index contributed by atoms with van der Waals surface area (Å²) in [6, 6.07) is 10.6. The second-order valence-corrected chi connectivity index (χ2v) is 7.69. The molecule has 0 aliphatic carbocycles. The Morgan fingerprint density at radius 2 is 1.79 bits per heavy atom. The van der Waals surface area contributed by atoms with Crippen LogP contribution in [0.25, 0.3) is 0 Å². The maximum absolute atomic E-state index is 13.4. The van der Waals surface area contributed by atoms with Crippen molar-refractivity contribution in [2.24, 2.45) is 7.05 Å². The molecule has 10 heteroatoms. The quantitative estimate of drug-likeness (QED) is 0.335. The molecule has 0 aliphatic heterocycles. The standard InChI is InChI=1S/C19H20Br2N6O2/c1-24-16(19(29)25-12-9-22-14-25)13-17(23-24)27(26(10-7-20)11-8-21)18(28)15-5-3-2-4-6-15/h2-6,9,12-14H,7-8,10-11H2,1H3. The van der Waals surface area contributed by atoms with E-state index in [-0.39, 0.29) is 11.8 Å². The van der Waals surface area contributed by atoms with Gasteiger partial charge in [-0.05, 0) is 12.1 Å². The molecule has 1 aromatic carbocycles. The van der Waals surface area contributed by atoms with E-state index >= 15 is 0 Å². The number of halogens is 2. The number of aromatic nitrogens is 4. The molecule has 8 nitrogen and oxygen atoms in total. The fourth-order valence-corrected chi connectivity index (χ4v) is 3.67. The fraction of sp³-hybridized carbons (Fsp3) is 0.263. The lowest BCUT2D eigenvalue weighted by atomic mass is 10.2. The average Bonchev–Trinajstić information content (AvgIpc) is 3.39. The Morgan fingerprint density at radius 3 is 2.38 bits per heavy atom. The van der Waals surface area contributed by atoms with Crippen molar-refractivity contribution in [1.29, 1.82) is 0 Å². The topological polar surface area (TPSA) is 76.3 Å². The van der Waals surface area contributed by atoms with E-state index in [0.717, 1.165) is 0 Å². The largest absolute Gasteiger partial charge is 0.281 e. The molecule has 0 aliphatic rings. The Kier molecular flexibility index (Phi) is 7.34. The predicted molar refractivity (Wildman–Crippen MR) is 118 cm³/mol. The second kappa shape index (κ2) is 9.95. The van der Waals surface area contributed by atoms with Gasteiger partial charge in [0.05, 0.1) is 0 Å². The van der Waals surface area contributed by atoms with Gasteiger partial charge in [0.15, 0.2) is 5.82 Å². The monoisotopic (exact) mass is 522 g/mol. The number of hydrazine groups is 1. The first kappa shape index (κ1) is 21.4. The lowest BCUT2D eigenvalue weighted by Gasteiger charge is -2.32. The SMILES string of the molecule is Cn1nc(N(C(=O)c2ccccc2)N(CCBr)CCBr)cc1C(=O)n1ccnc1. The number of carbonyl (C=O) groups excluding carboxylic acids is 2. The number of amides is 1. The summed E-state index contributed by atoms with van der Waals surface area (Å²) in [7, 11) is 1.68. The van der Waals surface area contributed by atoms with Gasteiger partial charge < -0.3 is 0 Å². The highest BCUT2D eigenvalue weighted by Crippen LogP contribution is 2.21. The Balaban J connectivity index is 2.03. The number of hydrogen-bond acceptors (Lipinski definition) is 5. The van der Waals surface area contributed by atoms with E-state index < -0.39 is 0 Å². The van der Waals surface area contributed by atoms with E-state index in [9.17, 15) is 9.59 Å². The Hall–Kier alpha value is -2.30. The number of aryl methyl sites for hydroxylation is 1. The van der Waals surface area contributed by atoms with Crippen LogP contribution in [0.5, 0.6) is 0 Å². The molecule has 2 aromatic heterocycles. The van der Waals surface area contributed by atoms with E-state index in [0.29, 0.717) is 40.8 Å². The third kappa shape index (κ3) is 4.82. The molecule has 0 bridgehead atoms. The van der Waals surface area contributed by atoms with Crippen molar-refractivity contribution >= 4 is 49.5 Å². The van der Waals surface area contributed by atoms with Crippen LogP contribution in [-0.2, 0) is 7.05 Å². The zero-order chi connectivity index (χ0) is 20.8. The first-order valence-electron chi connectivity index (χ1n) is 8.89. The molecule has 0 saturated carbocycles. The van der Waals surface area contributed by atoms with Crippen LogP contribution < -0.4 is 5.01 Å². The summed E-state index contributed by atoms with van der Waals surface area (Å²) < 4.78 is 2.85. The molecule has 0 radical (unpaired) electrons. The summed E-state index contributed by atoms with van der Waals surface area (Å²) in [5, 5.41) is 9.24. The van der Waals surface area contributed by atoms with Gasteiger partial charge in [-0.15, -0.1) is 0 Å². The van der Waals surface area contributed by atoms with Crippen LogP contribution >= 0.6 is 31.9 Å². The summed E-state index contributed by atoms with van der Waals surface area (Å²) in [6.07, 6.45) is 4.54. The third-order valence-electron chi connectivity index (χ3n) is 4.22. The molecular formula is C19H20Br2N6O2. The maximum Gasteiger partial charge on any atom is 0.281 e. The normalized spacial score (nSPS) is 11.0. The average molecular weight is 524 g/mol. The number of alkyl halides is 2. The Labute approximate surface area is 185 Å². The van der Waals surface area contributed by atoms with Gasteiger partial charge in [0.2, 0.25) is 0 Å². The molecule has 0 spiro atoms. The summed E-state index contributed by atoms with van der Waals surface area (Å²) in [6.45, 7) is 1.18. The van der Waals surface area contributed by atoms with E-state index in [1.807, 2.05) is 23.2 Å². The van der Waals surface area contributed by atoms with Crippen molar-refractivity contribution in [2.45, 2.75) is 0 Å². The number of anilines is 1. The minimum atomic E-state index is -0.275. The maximum atomic E-state index is 13.4. The lowest BCUT2D eigenvalue weighted by Crippen LogP contribution is -2.49. The van der Waals surface area contributed by atoms with Crippen LogP contribution in [-0.4, -0.2) is 59.9 Å². The molecule has 1 amide bonds. The van der Waals surface area contributed by atoms with E-state index in [1.54, 1.807) is 31.4 Å². The molecule has 3 aromatic rings. The molecule has 0 saturated heterocycles. The van der Waals surface area contributed by atoms with Gasteiger partial charge in [0, 0.05) is 54.8 Å². The van der Waals surface area contributed by atoms with Crippen molar-refractivity contribution in [3.63, 3.8) is 0 Å². The first-order chi connectivity index (χ1) is 14.1. The number of rotatable bonds is 8. The molecular weight excluding hydrogens is 504 g/mol. The van der Waals surface area contributed by atoms with Gasteiger partial charge in [0.25, 0.3) is 11.8 Å².